The Morgan fingerprint density at radius 1 is 1.03 bits per heavy atom. The minimum absolute atomic E-state index is 0.0601. The minimum atomic E-state index is -0.456. The molecule has 0 unspecified atom stereocenters. The highest BCUT2D eigenvalue weighted by molar-refractivity contribution is 6.03. The van der Waals surface area contributed by atoms with E-state index < -0.39 is 6.10 Å². The van der Waals surface area contributed by atoms with Gasteiger partial charge in [-0.1, -0.05) is 43.2 Å². The minimum Gasteiger partial charge on any atom is -0.391 e. The Kier molecular flexibility index (Phi) is 4.91. The van der Waals surface area contributed by atoms with E-state index in [9.17, 15) is 9.90 Å². The second-order valence-corrected chi connectivity index (χ2v) is 8.94. The zero-order chi connectivity index (χ0) is 22.4. The molecule has 2 atom stereocenters. The van der Waals surface area contributed by atoms with E-state index in [4.69, 9.17) is 4.98 Å². The fourth-order valence-electron chi connectivity index (χ4n) is 5.22. The Balaban J connectivity index is 1.35. The number of aliphatic hydroxyl groups excluding tert-OH is 1. The van der Waals surface area contributed by atoms with Crippen molar-refractivity contribution in [1.82, 2.24) is 24.6 Å². The van der Waals surface area contributed by atoms with E-state index in [2.05, 4.69) is 22.2 Å². The van der Waals surface area contributed by atoms with E-state index in [1.807, 2.05) is 47.6 Å². The Morgan fingerprint density at radius 2 is 1.88 bits per heavy atom. The molecule has 0 radical (unpaired) electrons. The van der Waals surface area contributed by atoms with Crippen LogP contribution in [0.3, 0.4) is 0 Å². The SMILES string of the molecule is O=C1c2nc(Cc3ccc(-n4cccn4)nc3)c3ccccc3c2CN1[C@@H]1CCCC[C@H]1O. The molecule has 1 saturated carbocycles. The van der Waals surface area contributed by atoms with E-state index >= 15 is 0 Å². The molecule has 1 aliphatic carbocycles. The largest absolute Gasteiger partial charge is 0.391 e. The Morgan fingerprint density at radius 3 is 2.64 bits per heavy atom. The van der Waals surface area contributed by atoms with Crippen molar-refractivity contribution in [2.24, 2.45) is 0 Å². The van der Waals surface area contributed by atoms with Crippen molar-refractivity contribution in [2.45, 2.75) is 50.8 Å². The maximum absolute atomic E-state index is 13.4. The summed E-state index contributed by atoms with van der Waals surface area (Å²) in [5.41, 5.74) is 3.40. The first-order valence-electron chi connectivity index (χ1n) is 11.5. The third kappa shape index (κ3) is 3.49. The monoisotopic (exact) mass is 439 g/mol. The summed E-state index contributed by atoms with van der Waals surface area (Å²) in [6, 6.07) is 13.9. The van der Waals surface area contributed by atoms with Crippen LogP contribution in [0, 0.1) is 0 Å². The normalized spacial score (nSPS) is 20.4. The first kappa shape index (κ1) is 20.1. The molecule has 1 fully saturated rings. The van der Waals surface area contributed by atoms with E-state index in [1.165, 1.54) is 0 Å². The molecule has 7 heteroatoms. The first-order chi connectivity index (χ1) is 16.2. The summed E-state index contributed by atoms with van der Waals surface area (Å²) in [5, 5.41) is 16.9. The fourth-order valence-corrected chi connectivity index (χ4v) is 5.22. The third-order valence-corrected chi connectivity index (χ3v) is 6.90. The van der Waals surface area contributed by atoms with Gasteiger partial charge in [0.15, 0.2) is 5.82 Å². The zero-order valence-electron chi connectivity index (χ0n) is 18.3. The van der Waals surface area contributed by atoms with Crippen molar-refractivity contribution in [1.29, 1.82) is 0 Å². The maximum atomic E-state index is 13.4. The van der Waals surface area contributed by atoms with Crippen LogP contribution < -0.4 is 0 Å². The molecule has 1 aliphatic heterocycles. The van der Waals surface area contributed by atoms with Crippen molar-refractivity contribution in [3.8, 4) is 5.82 Å². The summed E-state index contributed by atoms with van der Waals surface area (Å²) in [6.45, 7) is 0.518. The number of hydrogen-bond acceptors (Lipinski definition) is 5. The van der Waals surface area contributed by atoms with Crippen molar-refractivity contribution in [3.05, 3.63) is 83.6 Å². The molecule has 1 aromatic carbocycles. The number of amides is 1. The molecule has 1 N–H and O–H groups in total. The maximum Gasteiger partial charge on any atom is 0.273 e. The summed E-state index contributed by atoms with van der Waals surface area (Å²) in [6.07, 6.45) is 9.22. The zero-order valence-corrected chi connectivity index (χ0v) is 18.3. The molecule has 4 aromatic rings. The van der Waals surface area contributed by atoms with Gasteiger partial charge in [-0.3, -0.25) is 4.79 Å². The average molecular weight is 440 g/mol. The molecule has 33 heavy (non-hydrogen) atoms. The smallest absolute Gasteiger partial charge is 0.273 e. The lowest BCUT2D eigenvalue weighted by atomic mass is 9.91. The van der Waals surface area contributed by atoms with Crippen molar-refractivity contribution >= 4 is 16.7 Å². The van der Waals surface area contributed by atoms with Gasteiger partial charge in [0.05, 0.1) is 17.8 Å². The number of rotatable bonds is 4. The molecule has 2 aliphatic rings. The number of fused-ring (bicyclic) bond motifs is 3. The summed E-state index contributed by atoms with van der Waals surface area (Å²) >= 11 is 0. The molecule has 166 valence electrons. The first-order valence-corrected chi connectivity index (χ1v) is 11.5. The van der Waals surface area contributed by atoms with E-state index in [0.717, 1.165) is 59.1 Å². The number of nitrogens with zero attached hydrogens (tertiary/aromatic N) is 5. The molecule has 1 amide bonds. The summed E-state index contributed by atoms with van der Waals surface area (Å²) in [4.78, 5) is 24.7. The lowest BCUT2D eigenvalue weighted by molar-refractivity contribution is 0.0190. The van der Waals surface area contributed by atoms with Crippen LogP contribution in [0.5, 0.6) is 0 Å². The van der Waals surface area contributed by atoms with Crippen molar-refractivity contribution in [3.63, 3.8) is 0 Å². The lowest BCUT2D eigenvalue weighted by Crippen LogP contribution is -2.45. The number of aliphatic hydroxyl groups is 1. The number of aromatic nitrogens is 4. The number of hydrogen-bond donors (Lipinski definition) is 1. The number of carbonyl (C=O) groups is 1. The molecule has 0 saturated heterocycles. The number of benzene rings is 1. The second kappa shape index (κ2) is 8.08. The van der Waals surface area contributed by atoms with E-state index in [-0.39, 0.29) is 11.9 Å². The summed E-state index contributed by atoms with van der Waals surface area (Å²) < 4.78 is 1.72. The van der Waals surface area contributed by atoms with Crippen LogP contribution in [-0.2, 0) is 13.0 Å². The predicted octanol–water partition coefficient (Wildman–Crippen LogP) is 3.67. The summed E-state index contributed by atoms with van der Waals surface area (Å²) in [5.74, 6) is 0.697. The molecule has 4 heterocycles. The highest BCUT2D eigenvalue weighted by Crippen LogP contribution is 2.35. The number of pyridine rings is 2. The average Bonchev–Trinajstić information content (AvgIpc) is 3.49. The Labute approximate surface area is 191 Å². The van der Waals surface area contributed by atoms with Crippen LogP contribution in [0.4, 0.5) is 0 Å². The van der Waals surface area contributed by atoms with Crippen LogP contribution in [0.1, 0.15) is 53.0 Å². The van der Waals surface area contributed by atoms with Crippen LogP contribution in [-0.4, -0.2) is 47.8 Å². The number of carbonyl (C=O) groups excluding carboxylic acids is 1. The van der Waals surface area contributed by atoms with Crippen molar-refractivity contribution in [2.75, 3.05) is 0 Å². The summed E-state index contributed by atoms with van der Waals surface area (Å²) in [7, 11) is 0. The predicted molar refractivity (Wildman–Crippen MR) is 124 cm³/mol. The molecular weight excluding hydrogens is 414 g/mol. The van der Waals surface area contributed by atoms with E-state index in [1.54, 1.807) is 10.9 Å². The molecule has 0 spiro atoms. The van der Waals surface area contributed by atoms with Gasteiger partial charge >= 0.3 is 0 Å². The molecular formula is C26H25N5O2. The van der Waals surface area contributed by atoms with Crippen LogP contribution in [0.2, 0.25) is 0 Å². The molecule has 0 bridgehead atoms. The van der Waals surface area contributed by atoms with Gasteiger partial charge < -0.3 is 10.0 Å². The molecule has 3 aromatic heterocycles. The molecule has 6 rings (SSSR count). The Hall–Kier alpha value is -3.58. The second-order valence-electron chi connectivity index (χ2n) is 8.94. The van der Waals surface area contributed by atoms with Gasteiger partial charge in [0.2, 0.25) is 0 Å². The van der Waals surface area contributed by atoms with Gasteiger partial charge in [0.1, 0.15) is 5.69 Å². The molecule has 7 nitrogen and oxygen atoms in total. The quantitative estimate of drug-likeness (QED) is 0.525. The van der Waals surface area contributed by atoms with Gasteiger partial charge in [-0.05, 0) is 35.9 Å². The Bertz CT molecular complexity index is 1320. The van der Waals surface area contributed by atoms with Gasteiger partial charge in [-0.2, -0.15) is 5.10 Å². The van der Waals surface area contributed by atoms with Gasteiger partial charge in [0, 0.05) is 42.5 Å². The van der Waals surface area contributed by atoms with Gasteiger partial charge in [-0.15, -0.1) is 0 Å². The standard InChI is InChI=1S/C26H25N5O2/c32-23-9-4-3-8-22(23)30-16-20-18-6-1-2-7-19(18)21(29-25(20)26(30)33)14-17-10-11-24(27-15-17)31-13-5-12-28-31/h1-2,5-7,10-13,15,22-23,32H,3-4,8-9,14,16H2/t22-,23-/m1/s1. The highest BCUT2D eigenvalue weighted by Gasteiger charge is 2.39. The lowest BCUT2D eigenvalue weighted by Gasteiger charge is -2.34. The topological polar surface area (TPSA) is 84.1 Å². The highest BCUT2D eigenvalue weighted by atomic mass is 16.3. The van der Waals surface area contributed by atoms with Crippen LogP contribution in [0.15, 0.2) is 61.1 Å². The van der Waals surface area contributed by atoms with Gasteiger partial charge in [0.25, 0.3) is 5.91 Å². The van der Waals surface area contributed by atoms with Crippen LogP contribution >= 0.6 is 0 Å². The fraction of sp³-hybridized carbons (Fsp3) is 0.308. The third-order valence-electron chi connectivity index (χ3n) is 6.90. The van der Waals surface area contributed by atoms with Gasteiger partial charge in [-0.25, -0.2) is 14.6 Å². The van der Waals surface area contributed by atoms with Crippen LogP contribution in [0.25, 0.3) is 16.6 Å². The van der Waals surface area contributed by atoms with Crippen molar-refractivity contribution < 1.29 is 9.90 Å². The van der Waals surface area contributed by atoms with E-state index in [0.29, 0.717) is 18.7 Å².